The number of carbonyl (C=O) groups excluding carboxylic acids is 1. The Kier molecular flexibility index (Phi) is 11.4. The molecule has 1 aromatic carbocycles. The Morgan fingerprint density at radius 3 is 2.57 bits per heavy atom. The predicted molar refractivity (Wildman–Crippen MR) is 123 cm³/mol. The number of benzene rings is 1. The molecule has 2 N–H and O–H groups in total. The molecule has 0 aliphatic carbocycles. The highest BCUT2D eigenvalue weighted by Crippen LogP contribution is 2.11. The van der Waals surface area contributed by atoms with Crippen molar-refractivity contribution in [2.75, 3.05) is 38.5 Å². The van der Waals surface area contributed by atoms with Gasteiger partial charge in [0.05, 0.1) is 10.6 Å². The van der Waals surface area contributed by atoms with Crippen LogP contribution in [0.5, 0.6) is 0 Å². The van der Waals surface area contributed by atoms with Crippen molar-refractivity contribution in [3.8, 4) is 0 Å². The lowest BCUT2D eigenvalue weighted by Crippen LogP contribution is -2.38. The summed E-state index contributed by atoms with van der Waals surface area (Å²) >= 11 is 0. The number of hydrogen-bond acceptors (Lipinski definition) is 4. The topological polar surface area (TPSA) is 90.9 Å². The Bertz CT molecular complexity index is 726. The molecule has 2 rings (SSSR count). The molecule has 0 atom stereocenters. The van der Waals surface area contributed by atoms with Crippen molar-refractivity contribution >= 4 is 45.7 Å². The first-order valence-corrected chi connectivity index (χ1v) is 11.3. The van der Waals surface area contributed by atoms with Gasteiger partial charge in [0.2, 0.25) is 5.91 Å². The van der Waals surface area contributed by atoms with Crippen molar-refractivity contribution in [1.29, 1.82) is 0 Å². The molecule has 1 aliphatic rings. The van der Waals surface area contributed by atoms with Gasteiger partial charge >= 0.3 is 0 Å². The Hall–Kier alpha value is -1.36. The number of sulfone groups is 1. The van der Waals surface area contributed by atoms with Gasteiger partial charge in [-0.15, -0.1) is 24.0 Å². The number of rotatable bonds is 10. The third-order valence-electron chi connectivity index (χ3n) is 4.36. The molecule has 158 valence electrons. The smallest absolute Gasteiger partial charge is 0.222 e. The quantitative estimate of drug-likeness (QED) is 0.213. The van der Waals surface area contributed by atoms with E-state index >= 15 is 0 Å². The number of carbonyl (C=O) groups is 1. The first-order chi connectivity index (χ1) is 13.0. The lowest BCUT2D eigenvalue weighted by molar-refractivity contribution is -0.127. The van der Waals surface area contributed by atoms with Crippen LogP contribution < -0.4 is 10.6 Å². The number of guanidine groups is 1. The molecule has 1 aliphatic heterocycles. The predicted octanol–water partition coefficient (Wildman–Crippen LogP) is 2.04. The van der Waals surface area contributed by atoms with Crippen LogP contribution >= 0.6 is 24.0 Å². The molecule has 7 nitrogen and oxygen atoms in total. The van der Waals surface area contributed by atoms with Crippen LogP contribution in [0.25, 0.3) is 0 Å². The highest BCUT2D eigenvalue weighted by Gasteiger charge is 2.18. The molecule has 0 radical (unpaired) electrons. The fourth-order valence-electron chi connectivity index (χ4n) is 2.95. The number of halogens is 1. The van der Waals surface area contributed by atoms with Gasteiger partial charge in [-0.05, 0) is 38.3 Å². The van der Waals surface area contributed by atoms with Gasteiger partial charge < -0.3 is 15.5 Å². The van der Waals surface area contributed by atoms with E-state index in [1.807, 2.05) is 11.8 Å². The number of hydrogen-bond donors (Lipinski definition) is 2. The van der Waals surface area contributed by atoms with Crippen LogP contribution in [0.1, 0.15) is 32.6 Å². The van der Waals surface area contributed by atoms with Gasteiger partial charge in [-0.2, -0.15) is 0 Å². The number of aliphatic imine (C=N–C) groups is 1. The normalized spacial score (nSPS) is 14.7. The van der Waals surface area contributed by atoms with E-state index in [9.17, 15) is 13.2 Å². The van der Waals surface area contributed by atoms with Crippen molar-refractivity contribution in [2.24, 2.45) is 4.99 Å². The first kappa shape index (κ1) is 24.7. The first-order valence-electron chi connectivity index (χ1n) is 9.60. The van der Waals surface area contributed by atoms with E-state index in [2.05, 4.69) is 15.6 Å². The molecule has 1 amide bonds. The van der Waals surface area contributed by atoms with Gasteiger partial charge in [-0.3, -0.25) is 9.79 Å². The van der Waals surface area contributed by atoms with Crippen molar-refractivity contribution in [3.63, 3.8) is 0 Å². The summed E-state index contributed by atoms with van der Waals surface area (Å²) < 4.78 is 24.5. The van der Waals surface area contributed by atoms with Crippen LogP contribution in [0, 0.1) is 0 Å². The summed E-state index contributed by atoms with van der Waals surface area (Å²) in [5, 5.41) is 6.33. The molecule has 9 heteroatoms. The zero-order valence-corrected chi connectivity index (χ0v) is 19.5. The largest absolute Gasteiger partial charge is 0.357 e. The summed E-state index contributed by atoms with van der Waals surface area (Å²) in [5.41, 5.74) is 0. The fourth-order valence-corrected chi connectivity index (χ4v) is 4.28. The van der Waals surface area contributed by atoms with Crippen molar-refractivity contribution in [2.45, 2.75) is 37.5 Å². The molecular formula is C19H31IN4O3S. The second-order valence-electron chi connectivity index (χ2n) is 6.51. The summed E-state index contributed by atoms with van der Waals surface area (Å²) in [6.07, 6.45) is 2.95. The highest BCUT2D eigenvalue weighted by atomic mass is 127. The Labute approximate surface area is 185 Å². The monoisotopic (exact) mass is 522 g/mol. The summed E-state index contributed by atoms with van der Waals surface area (Å²) in [5.74, 6) is 1.02. The van der Waals surface area contributed by atoms with Crippen molar-refractivity contribution < 1.29 is 13.2 Å². The minimum atomic E-state index is -3.24. The molecule has 1 aromatic rings. The van der Waals surface area contributed by atoms with Gasteiger partial charge in [0.25, 0.3) is 0 Å². The number of amides is 1. The van der Waals surface area contributed by atoms with Gasteiger partial charge in [0, 0.05) is 39.1 Å². The summed E-state index contributed by atoms with van der Waals surface area (Å²) in [6.45, 7) is 5.48. The molecule has 0 bridgehead atoms. The molecule has 0 unspecified atom stereocenters. The van der Waals surface area contributed by atoms with Crippen molar-refractivity contribution in [1.82, 2.24) is 15.5 Å². The Morgan fingerprint density at radius 1 is 1.18 bits per heavy atom. The van der Waals surface area contributed by atoms with Gasteiger partial charge in [-0.1, -0.05) is 18.2 Å². The van der Waals surface area contributed by atoms with E-state index in [-0.39, 0.29) is 35.6 Å². The van der Waals surface area contributed by atoms with Crippen LogP contribution in [0.15, 0.2) is 40.2 Å². The molecule has 0 spiro atoms. The van der Waals surface area contributed by atoms with Gasteiger partial charge in [-0.25, -0.2) is 8.42 Å². The lowest BCUT2D eigenvalue weighted by Gasteiger charge is -2.15. The maximum absolute atomic E-state index is 12.3. The zero-order chi connectivity index (χ0) is 19.5. The van der Waals surface area contributed by atoms with E-state index in [0.717, 1.165) is 32.5 Å². The second kappa shape index (κ2) is 13.0. The summed E-state index contributed by atoms with van der Waals surface area (Å²) in [7, 11) is -3.24. The lowest BCUT2D eigenvalue weighted by atomic mass is 10.4. The fraction of sp³-hybridized carbons (Fsp3) is 0.579. The third-order valence-corrected chi connectivity index (χ3v) is 6.17. The number of nitrogens with one attached hydrogen (secondary N) is 2. The molecular weight excluding hydrogens is 491 g/mol. The molecule has 0 aromatic heterocycles. The highest BCUT2D eigenvalue weighted by molar-refractivity contribution is 14.0. The molecule has 0 saturated carbocycles. The van der Waals surface area contributed by atoms with Crippen LogP contribution in [0.2, 0.25) is 0 Å². The zero-order valence-electron chi connectivity index (χ0n) is 16.4. The average Bonchev–Trinajstić information content (AvgIpc) is 3.07. The number of likely N-dealkylation sites (tertiary alicyclic amines) is 1. The van der Waals surface area contributed by atoms with E-state index in [0.29, 0.717) is 36.8 Å². The van der Waals surface area contributed by atoms with Crippen LogP contribution in [-0.4, -0.2) is 63.7 Å². The van der Waals surface area contributed by atoms with E-state index < -0.39 is 9.84 Å². The van der Waals surface area contributed by atoms with E-state index in [1.165, 1.54) is 0 Å². The van der Waals surface area contributed by atoms with E-state index in [4.69, 9.17) is 0 Å². The van der Waals surface area contributed by atoms with Crippen LogP contribution in [0.4, 0.5) is 0 Å². The van der Waals surface area contributed by atoms with Gasteiger partial charge in [0.15, 0.2) is 15.8 Å². The SMILES string of the molecule is CCNC(=NCCCN1CCCC1=O)NCCCS(=O)(=O)c1ccccc1.I. The third kappa shape index (κ3) is 8.34. The molecule has 1 saturated heterocycles. The minimum absolute atomic E-state index is 0. The number of nitrogens with zero attached hydrogens (tertiary/aromatic N) is 2. The van der Waals surface area contributed by atoms with Crippen LogP contribution in [0.3, 0.4) is 0 Å². The summed E-state index contributed by atoms with van der Waals surface area (Å²) in [4.78, 5) is 18.3. The molecule has 1 fully saturated rings. The minimum Gasteiger partial charge on any atom is -0.357 e. The Balaban J connectivity index is 0.00000392. The van der Waals surface area contributed by atoms with Crippen LogP contribution in [-0.2, 0) is 14.6 Å². The molecule has 28 heavy (non-hydrogen) atoms. The maximum atomic E-state index is 12.3. The van der Waals surface area contributed by atoms with Crippen molar-refractivity contribution in [3.05, 3.63) is 30.3 Å². The summed E-state index contributed by atoms with van der Waals surface area (Å²) in [6, 6.07) is 8.52. The molecule has 1 heterocycles. The van der Waals surface area contributed by atoms with E-state index in [1.54, 1.807) is 30.3 Å². The van der Waals surface area contributed by atoms with Gasteiger partial charge in [0.1, 0.15) is 0 Å². The average molecular weight is 522 g/mol. The Morgan fingerprint density at radius 2 is 1.93 bits per heavy atom. The standard InChI is InChI=1S/C19H30N4O3S.HI/c1-2-20-19(21-12-7-15-23-14-6-11-18(23)24)22-13-8-16-27(25,26)17-9-4-3-5-10-17;/h3-5,9-10H,2,6-8,11-16H2,1H3,(H2,20,21,22);1H. The maximum Gasteiger partial charge on any atom is 0.222 e. The second-order valence-corrected chi connectivity index (χ2v) is 8.62.